The lowest BCUT2D eigenvalue weighted by Gasteiger charge is -2.33. The zero-order chi connectivity index (χ0) is 29.4. The van der Waals surface area contributed by atoms with E-state index < -0.39 is 0 Å². The van der Waals surface area contributed by atoms with Crippen LogP contribution in [0.5, 0.6) is 0 Å². The molecule has 0 aromatic heterocycles. The molecule has 1 aliphatic carbocycles. The van der Waals surface area contributed by atoms with E-state index in [4.69, 9.17) is 0 Å². The molecule has 3 nitrogen and oxygen atoms in total. The zero-order valence-electron chi connectivity index (χ0n) is 26.9. The molecule has 0 N–H and O–H groups in total. The summed E-state index contributed by atoms with van der Waals surface area (Å²) in [5.74, 6) is 1.14. The van der Waals surface area contributed by atoms with Crippen LogP contribution in [0.3, 0.4) is 0 Å². The van der Waals surface area contributed by atoms with Crippen molar-refractivity contribution in [1.29, 1.82) is 0 Å². The quantitative estimate of drug-likeness (QED) is 0.254. The molecular formula is C35H60O3. The number of carbonyl (C=O) groups excluding carboxylic acids is 3. The third-order valence-corrected chi connectivity index (χ3v) is 7.70. The maximum absolute atomic E-state index is 13.2. The molecule has 3 unspecified atom stereocenters. The first-order chi connectivity index (χ1) is 17.9. The van der Waals surface area contributed by atoms with Crippen molar-refractivity contribution in [3.63, 3.8) is 0 Å². The fraction of sp³-hybridized carbons (Fsp3) is 0.743. The van der Waals surface area contributed by atoms with Crippen molar-refractivity contribution in [2.24, 2.45) is 17.8 Å². The van der Waals surface area contributed by atoms with Gasteiger partial charge >= 0.3 is 0 Å². The lowest BCUT2D eigenvalue weighted by molar-refractivity contribution is -0.129. The first-order valence-corrected chi connectivity index (χ1v) is 15.6. The molecule has 1 aromatic rings. The Morgan fingerprint density at radius 2 is 1.53 bits per heavy atom. The van der Waals surface area contributed by atoms with E-state index in [2.05, 4.69) is 75.3 Å². The van der Waals surface area contributed by atoms with Crippen LogP contribution >= 0.6 is 0 Å². The smallest absolute Gasteiger partial charge is 0.163 e. The highest BCUT2D eigenvalue weighted by Gasteiger charge is 2.34. The van der Waals surface area contributed by atoms with E-state index in [1.807, 2.05) is 0 Å². The van der Waals surface area contributed by atoms with Crippen LogP contribution in [0.25, 0.3) is 0 Å². The lowest BCUT2D eigenvalue weighted by Crippen LogP contribution is -2.30. The molecule has 0 amide bonds. The second kappa shape index (κ2) is 19.3. The largest absolute Gasteiger partial charge is 0.300 e. The van der Waals surface area contributed by atoms with Crippen LogP contribution in [0.4, 0.5) is 0 Å². The van der Waals surface area contributed by atoms with Crippen LogP contribution < -0.4 is 0 Å². The average molecular weight is 529 g/mol. The fourth-order valence-electron chi connectivity index (χ4n) is 5.84. The number of carbonyl (C=O) groups is 3. The standard InChI is InChI=1S/C27H40O3.C5H12.C3H8/c1-8-10-21(22(9-2)25(29)12-18(6)28)13-20-14-24-23(16(3)4)11-17(5)19(7)27(24)26(30)15-20;1-3-5-4-2;1-3-2/h11,16,20-22H,8-10,12-15H2,1-7H3;3-5H2,1-2H3;3H2,1-2H3. The number of aryl methyl sites for hydroxylation is 1. The summed E-state index contributed by atoms with van der Waals surface area (Å²) in [7, 11) is 0. The molecule has 218 valence electrons. The van der Waals surface area contributed by atoms with E-state index in [0.717, 1.165) is 43.2 Å². The van der Waals surface area contributed by atoms with E-state index in [9.17, 15) is 14.4 Å². The van der Waals surface area contributed by atoms with E-state index in [0.29, 0.717) is 12.3 Å². The number of benzene rings is 1. The lowest BCUT2D eigenvalue weighted by atomic mass is 9.70. The predicted octanol–water partition coefficient (Wildman–Crippen LogP) is 10.2. The molecule has 3 heteroatoms. The van der Waals surface area contributed by atoms with E-state index in [-0.39, 0.29) is 41.5 Å². The molecule has 2 rings (SSSR count). The maximum Gasteiger partial charge on any atom is 0.163 e. The van der Waals surface area contributed by atoms with Crippen molar-refractivity contribution in [1.82, 2.24) is 0 Å². The Labute approximate surface area is 236 Å². The summed E-state index contributed by atoms with van der Waals surface area (Å²) < 4.78 is 0. The molecule has 0 spiro atoms. The van der Waals surface area contributed by atoms with Gasteiger partial charge in [-0.2, -0.15) is 0 Å². The second-order valence-corrected chi connectivity index (χ2v) is 11.8. The van der Waals surface area contributed by atoms with E-state index in [1.165, 1.54) is 49.3 Å². The van der Waals surface area contributed by atoms with Crippen molar-refractivity contribution in [2.45, 2.75) is 153 Å². The first-order valence-electron chi connectivity index (χ1n) is 15.6. The Balaban J connectivity index is 0.00000150. The van der Waals surface area contributed by atoms with Crippen molar-refractivity contribution in [2.75, 3.05) is 0 Å². The van der Waals surface area contributed by atoms with Gasteiger partial charge in [-0.1, -0.05) is 100.0 Å². The number of hydrogen-bond donors (Lipinski definition) is 0. The molecule has 38 heavy (non-hydrogen) atoms. The second-order valence-electron chi connectivity index (χ2n) is 11.8. The summed E-state index contributed by atoms with van der Waals surface area (Å²) >= 11 is 0. The number of rotatable bonds is 12. The third kappa shape index (κ3) is 11.5. The maximum atomic E-state index is 13.2. The number of hydrogen-bond acceptors (Lipinski definition) is 3. The van der Waals surface area contributed by atoms with Gasteiger partial charge in [-0.05, 0) is 80.0 Å². The summed E-state index contributed by atoms with van der Waals surface area (Å²) in [5, 5.41) is 0. The van der Waals surface area contributed by atoms with E-state index in [1.54, 1.807) is 0 Å². The Morgan fingerprint density at radius 1 is 0.947 bits per heavy atom. The van der Waals surface area contributed by atoms with Gasteiger partial charge in [0.15, 0.2) is 5.78 Å². The fourth-order valence-corrected chi connectivity index (χ4v) is 5.84. The van der Waals surface area contributed by atoms with Crippen LogP contribution in [0.2, 0.25) is 0 Å². The number of ketones is 3. The van der Waals surface area contributed by atoms with Gasteiger partial charge in [0.1, 0.15) is 11.6 Å². The van der Waals surface area contributed by atoms with Crippen LogP contribution in [-0.2, 0) is 16.0 Å². The van der Waals surface area contributed by atoms with Crippen LogP contribution in [0.15, 0.2) is 6.07 Å². The topological polar surface area (TPSA) is 51.2 Å². The van der Waals surface area contributed by atoms with E-state index >= 15 is 0 Å². The molecule has 0 saturated heterocycles. The van der Waals surface area contributed by atoms with Gasteiger partial charge in [0.25, 0.3) is 0 Å². The minimum absolute atomic E-state index is 0.0428. The minimum atomic E-state index is -0.0744. The van der Waals surface area contributed by atoms with Crippen LogP contribution in [-0.4, -0.2) is 17.3 Å². The number of unbranched alkanes of at least 4 members (excludes halogenated alkanes) is 2. The monoisotopic (exact) mass is 528 g/mol. The Kier molecular flexibility index (Phi) is 18.4. The highest BCUT2D eigenvalue weighted by atomic mass is 16.1. The molecule has 0 bridgehead atoms. The first kappa shape index (κ1) is 36.2. The Morgan fingerprint density at radius 3 is 1.95 bits per heavy atom. The predicted molar refractivity (Wildman–Crippen MR) is 164 cm³/mol. The van der Waals surface area contributed by atoms with Crippen molar-refractivity contribution >= 4 is 17.3 Å². The van der Waals surface area contributed by atoms with Crippen LogP contribution in [0.1, 0.15) is 165 Å². The van der Waals surface area contributed by atoms with Crippen LogP contribution in [0, 0.1) is 31.6 Å². The number of fused-ring (bicyclic) bond motifs is 1. The van der Waals surface area contributed by atoms with Gasteiger partial charge in [-0.25, -0.2) is 0 Å². The Bertz CT molecular complexity index is 862. The van der Waals surface area contributed by atoms with Gasteiger partial charge in [0, 0.05) is 17.9 Å². The molecule has 0 saturated carbocycles. The van der Waals surface area contributed by atoms with Gasteiger partial charge in [-0.15, -0.1) is 0 Å². The van der Waals surface area contributed by atoms with Gasteiger partial charge < -0.3 is 0 Å². The molecule has 0 radical (unpaired) electrons. The molecular weight excluding hydrogens is 468 g/mol. The highest BCUT2D eigenvalue weighted by Crippen LogP contribution is 2.39. The summed E-state index contributed by atoms with van der Waals surface area (Å²) in [6, 6.07) is 2.27. The van der Waals surface area contributed by atoms with Crippen molar-refractivity contribution in [3.05, 3.63) is 33.9 Å². The van der Waals surface area contributed by atoms with Gasteiger partial charge in [0.05, 0.1) is 6.42 Å². The summed E-state index contributed by atoms with van der Waals surface area (Å²) in [4.78, 5) is 37.5. The Hall–Kier alpha value is -1.77. The van der Waals surface area contributed by atoms with Gasteiger partial charge in [-0.3, -0.25) is 14.4 Å². The third-order valence-electron chi connectivity index (χ3n) is 7.70. The molecule has 0 heterocycles. The molecule has 0 aliphatic heterocycles. The minimum Gasteiger partial charge on any atom is -0.300 e. The number of Topliss-reactive ketones (excluding diaryl/α,β-unsaturated/α-hetero) is 3. The zero-order valence-corrected chi connectivity index (χ0v) is 26.9. The summed E-state index contributed by atoms with van der Waals surface area (Å²) in [6.45, 7) is 22.9. The highest BCUT2D eigenvalue weighted by molar-refractivity contribution is 6.01. The SMILES string of the molecule is CCC.CCCC(CC1CC(=O)c2c(C)c(C)cc(C(C)C)c2C1)C(CC)C(=O)CC(C)=O.CCCCC. The van der Waals surface area contributed by atoms with Crippen molar-refractivity contribution < 1.29 is 14.4 Å². The molecule has 0 fully saturated rings. The molecule has 1 aromatic carbocycles. The van der Waals surface area contributed by atoms with Crippen molar-refractivity contribution in [3.8, 4) is 0 Å². The molecule has 1 aliphatic rings. The van der Waals surface area contributed by atoms with Gasteiger partial charge in [0.2, 0.25) is 0 Å². The molecule has 3 atom stereocenters. The normalized spacial score (nSPS) is 16.0. The average Bonchev–Trinajstić information content (AvgIpc) is 2.82. The summed E-state index contributed by atoms with van der Waals surface area (Å²) in [6.07, 6.45) is 10.5. The summed E-state index contributed by atoms with van der Waals surface area (Å²) in [5.41, 5.74) is 5.84.